The van der Waals surface area contributed by atoms with Crippen LogP contribution in [0.4, 0.5) is 4.79 Å². The van der Waals surface area contributed by atoms with Crippen LogP contribution in [0, 0.1) is 5.92 Å². The zero-order valence-corrected chi connectivity index (χ0v) is 30.1. The van der Waals surface area contributed by atoms with Crippen molar-refractivity contribution in [3.8, 4) is 0 Å². The summed E-state index contributed by atoms with van der Waals surface area (Å²) in [5.41, 5.74) is 0. The molecule has 0 bridgehead atoms. The largest absolute Gasteiger partial charge is 0.508 e. The molecule has 1 aliphatic rings. The van der Waals surface area contributed by atoms with Gasteiger partial charge in [-0.2, -0.15) is 0 Å². The Morgan fingerprint density at radius 3 is 1.87 bits per heavy atom. The van der Waals surface area contributed by atoms with Crippen molar-refractivity contribution in [1.82, 2.24) is 4.90 Å². The Morgan fingerprint density at radius 1 is 0.978 bits per heavy atom. The summed E-state index contributed by atoms with van der Waals surface area (Å²) in [5.74, 6) is -3.14. The third-order valence-electron chi connectivity index (χ3n) is 7.16. The SMILES string of the molecule is C=CCOC(=O)C(N1C(=O)C(C(C)OC(=O)OCC(Cl)(Cl)Cl)C1SC(=S)S)[P+](c1ccccc1)(c1ccccc1)c1ccccc1. The van der Waals surface area contributed by atoms with Gasteiger partial charge in [0.2, 0.25) is 9.70 Å². The molecule has 46 heavy (non-hydrogen) atoms. The molecular formula is C32H30Cl3NO6PS3+. The van der Waals surface area contributed by atoms with Crippen LogP contribution >= 0.6 is 78.7 Å². The minimum absolute atomic E-state index is 0.0729. The second-order valence-electron chi connectivity index (χ2n) is 10.0. The molecule has 1 saturated heterocycles. The van der Waals surface area contributed by atoms with Gasteiger partial charge in [-0.15, -0.1) is 12.6 Å². The number of carbonyl (C=O) groups is 3. The Labute approximate surface area is 298 Å². The number of benzene rings is 3. The maximum absolute atomic E-state index is 14.5. The van der Waals surface area contributed by atoms with Gasteiger partial charge in [0.1, 0.15) is 57.3 Å². The van der Waals surface area contributed by atoms with Gasteiger partial charge < -0.3 is 14.2 Å². The number of carbonyl (C=O) groups excluding carboxylic acids is 3. The molecule has 0 radical (unpaired) electrons. The monoisotopic (exact) mass is 756 g/mol. The van der Waals surface area contributed by atoms with Gasteiger partial charge in [0.25, 0.3) is 5.78 Å². The van der Waals surface area contributed by atoms with Gasteiger partial charge in [-0.3, -0.25) is 9.69 Å². The lowest BCUT2D eigenvalue weighted by Crippen LogP contribution is -2.70. The first-order chi connectivity index (χ1) is 21.9. The highest BCUT2D eigenvalue weighted by molar-refractivity contribution is 8.41. The highest BCUT2D eigenvalue weighted by Gasteiger charge is 2.67. The fourth-order valence-corrected chi connectivity index (χ4v) is 12.0. The van der Waals surface area contributed by atoms with E-state index in [1.807, 2.05) is 91.0 Å². The fourth-order valence-electron chi connectivity index (χ4n) is 5.37. The summed E-state index contributed by atoms with van der Waals surface area (Å²) in [6.07, 6.45) is -0.657. The number of hydrogen-bond acceptors (Lipinski definition) is 8. The number of hydrogen-bond donors (Lipinski definition) is 1. The van der Waals surface area contributed by atoms with Gasteiger partial charge in [-0.1, -0.05) is 126 Å². The number of nitrogens with zero attached hydrogens (tertiary/aromatic N) is 1. The Balaban J connectivity index is 1.90. The summed E-state index contributed by atoms with van der Waals surface area (Å²) in [4.78, 5) is 42.8. The lowest BCUT2D eigenvalue weighted by atomic mass is 9.92. The molecule has 3 aromatic rings. The van der Waals surface area contributed by atoms with Gasteiger partial charge in [0, 0.05) is 0 Å². The molecule has 14 heteroatoms. The number of β-lactam (4-membered cyclic amide) rings is 1. The molecule has 4 unspecified atom stereocenters. The van der Waals surface area contributed by atoms with Crippen molar-refractivity contribution in [3.63, 3.8) is 0 Å². The summed E-state index contributed by atoms with van der Waals surface area (Å²) in [6.45, 7) is 4.62. The predicted octanol–water partition coefficient (Wildman–Crippen LogP) is 6.68. The van der Waals surface area contributed by atoms with Crippen molar-refractivity contribution in [2.45, 2.75) is 28.0 Å². The van der Waals surface area contributed by atoms with Gasteiger partial charge in [-0.25, -0.2) is 9.59 Å². The molecule has 7 nitrogen and oxygen atoms in total. The third kappa shape index (κ3) is 8.21. The molecule has 4 rings (SSSR count). The quantitative estimate of drug-likeness (QED) is 0.0417. The van der Waals surface area contributed by atoms with Gasteiger partial charge in [-0.05, 0) is 43.3 Å². The van der Waals surface area contributed by atoms with Crippen LogP contribution in [-0.4, -0.2) is 60.7 Å². The number of alkyl halides is 3. The molecule has 1 heterocycles. The number of halogens is 3. The first-order valence-electron chi connectivity index (χ1n) is 13.9. The van der Waals surface area contributed by atoms with Crippen LogP contribution in [0.2, 0.25) is 0 Å². The van der Waals surface area contributed by atoms with Crippen LogP contribution in [0.1, 0.15) is 6.92 Å². The van der Waals surface area contributed by atoms with Crippen molar-refractivity contribution in [2.75, 3.05) is 13.2 Å². The van der Waals surface area contributed by atoms with Crippen LogP contribution in [0.25, 0.3) is 0 Å². The van der Waals surface area contributed by atoms with Crippen molar-refractivity contribution >= 4 is 116 Å². The maximum atomic E-state index is 14.5. The van der Waals surface area contributed by atoms with Crippen molar-refractivity contribution in [1.29, 1.82) is 0 Å². The first kappa shape index (κ1) is 36.5. The molecule has 1 aliphatic heterocycles. The van der Waals surface area contributed by atoms with Crippen LogP contribution in [0.3, 0.4) is 0 Å². The van der Waals surface area contributed by atoms with Gasteiger partial charge >= 0.3 is 12.1 Å². The predicted molar refractivity (Wildman–Crippen MR) is 196 cm³/mol. The minimum Gasteiger partial charge on any atom is -0.457 e. The zero-order chi connectivity index (χ0) is 33.5. The molecule has 0 aromatic heterocycles. The molecule has 0 N–H and O–H groups in total. The molecule has 4 atom stereocenters. The first-order valence-corrected chi connectivity index (χ1v) is 18.6. The number of rotatable bonds is 12. The molecule has 0 saturated carbocycles. The van der Waals surface area contributed by atoms with E-state index in [1.54, 1.807) is 6.92 Å². The number of thioether (sulfide) groups is 1. The van der Waals surface area contributed by atoms with E-state index >= 15 is 0 Å². The van der Waals surface area contributed by atoms with Crippen LogP contribution in [0.5, 0.6) is 0 Å². The second-order valence-corrected chi connectivity index (χ2v) is 18.9. The molecule has 1 amide bonds. The Hall–Kier alpha value is -2.30. The Bertz CT molecular complexity index is 1450. The van der Waals surface area contributed by atoms with Crippen molar-refractivity contribution in [3.05, 3.63) is 104 Å². The van der Waals surface area contributed by atoms with E-state index in [9.17, 15) is 14.4 Å². The van der Waals surface area contributed by atoms with Crippen LogP contribution < -0.4 is 15.9 Å². The number of amides is 1. The van der Waals surface area contributed by atoms with E-state index in [1.165, 1.54) is 11.0 Å². The normalized spacial score (nSPS) is 17.7. The van der Waals surface area contributed by atoms with Crippen LogP contribution in [-0.2, 0) is 23.8 Å². The Morgan fingerprint density at radius 2 is 1.46 bits per heavy atom. The zero-order valence-electron chi connectivity index (χ0n) is 24.4. The van der Waals surface area contributed by atoms with Gasteiger partial charge in [0.15, 0.2) is 0 Å². The van der Waals surface area contributed by atoms with E-state index in [4.69, 9.17) is 61.2 Å². The summed E-state index contributed by atoms with van der Waals surface area (Å²) in [6, 6.07) is 28.8. The fraction of sp³-hybridized carbons (Fsp3) is 0.250. The summed E-state index contributed by atoms with van der Waals surface area (Å²) < 4.78 is 14.5. The van der Waals surface area contributed by atoms with E-state index in [0.29, 0.717) is 0 Å². The third-order valence-corrected chi connectivity index (χ3v) is 13.6. The van der Waals surface area contributed by atoms with Gasteiger partial charge in [0.05, 0.1) is 0 Å². The molecule has 0 spiro atoms. The minimum atomic E-state index is -3.07. The molecular weight excluding hydrogens is 728 g/mol. The Kier molecular flexibility index (Phi) is 12.9. The van der Waals surface area contributed by atoms with E-state index in [-0.39, 0.29) is 10.1 Å². The average molecular weight is 758 g/mol. The van der Waals surface area contributed by atoms with Crippen molar-refractivity contribution in [2.24, 2.45) is 5.92 Å². The number of likely N-dealkylation sites (tertiary alicyclic amines) is 1. The topological polar surface area (TPSA) is 82.1 Å². The summed E-state index contributed by atoms with van der Waals surface area (Å²) in [7, 11) is -3.07. The van der Waals surface area contributed by atoms with Crippen LogP contribution in [0.15, 0.2) is 104 Å². The summed E-state index contributed by atoms with van der Waals surface area (Å²) in [5, 5.41) is 1.77. The number of esters is 1. The molecule has 1 fully saturated rings. The standard InChI is InChI=1S/C32H29Cl3NO6PS3/c1-3-19-40-29(38)27(36-26(37)25(28(36)46-31(44)45)21(2)42-30(39)41-20-32(33,34)35)43(22-13-7-4-8-14-22,23-15-9-5-10-16-23)24-17-11-6-12-18-24/h3-18,21,25,27-28H,1,19-20H2,2H3/p+1. The van der Waals surface area contributed by atoms with E-state index < -0.39 is 58.9 Å². The number of thiocarbonyl (C=S) groups is 1. The highest BCUT2D eigenvalue weighted by Crippen LogP contribution is 2.63. The van der Waals surface area contributed by atoms with E-state index in [0.717, 1.165) is 27.7 Å². The second kappa shape index (κ2) is 16.2. The average Bonchev–Trinajstić information content (AvgIpc) is 3.03. The molecule has 242 valence electrons. The smallest absolute Gasteiger partial charge is 0.457 e. The molecule has 3 aromatic carbocycles. The number of thiol groups is 1. The highest BCUT2D eigenvalue weighted by atomic mass is 35.6. The van der Waals surface area contributed by atoms with Crippen molar-refractivity contribution < 1.29 is 28.6 Å². The lowest BCUT2D eigenvalue weighted by Gasteiger charge is -2.52. The lowest BCUT2D eigenvalue weighted by molar-refractivity contribution is -0.167. The maximum Gasteiger partial charge on any atom is 0.508 e. The number of ether oxygens (including phenoxy) is 3. The van der Waals surface area contributed by atoms with E-state index in [2.05, 4.69) is 19.2 Å². The molecule has 0 aliphatic carbocycles. The summed E-state index contributed by atoms with van der Waals surface area (Å²) >= 11 is 27.9.